The van der Waals surface area contributed by atoms with E-state index in [0.717, 1.165) is 5.69 Å². The Kier molecular flexibility index (Phi) is 2.82. The van der Waals surface area contributed by atoms with Crippen molar-refractivity contribution >= 4 is 11.8 Å². The minimum atomic E-state index is 1.09. The van der Waals surface area contributed by atoms with Crippen LogP contribution in [0.4, 0.5) is 0 Å². The molecule has 1 aromatic carbocycles. The summed E-state index contributed by atoms with van der Waals surface area (Å²) in [5.74, 6) is 0. The van der Waals surface area contributed by atoms with E-state index in [9.17, 15) is 0 Å². The average Bonchev–Trinajstić information content (AvgIpc) is 2.60. The molecule has 0 bridgehead atoms. The molecule has 78 valence electrons. The smallest absolute Gasteiger partial charge is 0.0997 e. The SMILES string of the molecule is CSc1ccccc1-n1cnc(C)c1C. The molecule has 0 aliphatic carbocycles. The summed E-state index contributed by atoms with van der Waals surface area (Å²) >= 11 is 1.76. The molecular formula is C12H14N2S. The Labute approximate surface area is 94.3 Å². The molecule has 2 nitrogen and oxygen atoms in total. The minimum Gasteiger partial charge on any atom is -0.302 e. The van der Waals surface area contributed by atoms with Crippen LogP contribution in [0.1, 0.15) is 11.4 Å². The molecule has 3 heteroatoms. The lowest BCUT2D eigenvalue weighted by Crippen LogP contribution is -1.96. The Bertz CT molecular complexity index is 474. The predicted octanol–water partition coefficient (Wildman–Crippen LogP) is 3.21. The molecule has 0 N–H and O–H groups in total. The maximum Gasteiger partial charge on any atom is 0.0997 e. The first kappa shape index (κ1) is 10.3. The van der Waals surface area contributed by atoms with Gasteiger partial charge in [0.25, 0.3) is 0 Å². The van der Waals surface area contributed by atoms with Gasteiger partial charge in [-0.05, 0) is 32.2 Å². The van der Waals surface area contributed by atoms with Crippen molar-refractivity contribution in [2.24, 2.45) is 0 Å². The number of hydrogen-bond acceptors (Lipinski definition) is 2. The highest BCUT2D eigenvalue weighted by Gasteiger charge is 2.07. The summed E-state index contributed by atoms with van der Waals surface area (Å²) in [6.07, 6.45) is 3.98. The fraction of sp³-hybridized carbons (Fsp3) is 0.250. The second-order valence-electron chi connectivity index (χ2n) is 3.46. The summed E-state index contributed by atoms with van der Waals surface area (Å²) in [6.45, 7) is 4.13. The fourth-order valence-corrected chi connectivity index (χ4v) is 2.16. The van der Waals surface area contributed by atoms with Gasteiger partial charge < -0.3 is 4.57 Å². The van der Waals surface area contributed by atoms with Gasteiger partial charge in [-0.1, -0.05) is 12.1 Å². The molecule has 0 radical (unpaired) electrons. The highest BCUT2D eigenvalue weighted by Crippen LogP contribution is 2.25. The number of aryl methyl sites for hydroxylation is 1. The molecule has 2 aromatic rings. The number of nitrogens with zero attached hydrogens (tertiary/aromatic N) is 2. The summed E-state index contributed by atoms with van der Waals surface area (Å²) in [5.41, 5.74) is 3.51. The van der Waals surface area contributed by atoms with Gasteiger partial charge in [0.15, 0.2) is 0 Å². The molecule has 0 aliphatic rings. The molecule has 0 atom stereocenters. The second-order valence-corrected chi connectivity index (χ2v) is 4.31. The van der Waals surface area contributed by atoms with Crippen molar-refractivity contribution in [3.05, 3.63) is 42.0 Å². The van der Waals surface area contributed by atoms with Crippen molar-refractivity contribution in [3.63, 3.8) is 0 Å². The highest BCUT2D eigenvalue weighted by atomic mass is 32.2. The van der Waals surface area contributed by atoms with E-state index in [1.54, 1.807) is 11.8 Å². The van der Waals surface area contributed by atoms with Gasteiger partial charge in [-0.2, -0.15) is 0 Å². The van der Waals surface area contributed by atoms with Gasteiger partial charge in [-0.25, -0.2) is 4.98 Å². The van der Waals surface area contributed by atoms with Crippen LogP contribution >= 0.6 is 11.8 Å². The number of rotatable bonds is 2. The van der Waals surface area contributed by atoms with Crippen LogP contribution in [0.25, 0.3) is 5.69 Å². The van der Waals surface area contributed by atoms with E-state index < -0.39 is 0 Å². The average molecular weight is 218 g/mol. The Morgan fingerprint density at radius 2 is 1.93 bits per heavy atom. The van der Waals surface area contributed by atoms with E-state index in [1.165, 1.54) is 16.3 Å². The van der Waals surface area contributed by atoms with Crippen molar-refractivity contribution in [1.29, 1.82) is 0 Å². The molecule has 0 spiro atoms. The number of para-hydroxylation sites is 1. The second kappa shape index (κ2) is 4.11. The van der Waals surface area contributed by atoms with E-state index in [0.29, 0.717) is 0 Å². The van der Waals surface area contributed by atoms with Crippen LogP contribution in [0.15, 0.2) is 35.5 Å². The zero-order chi connectivity index (χ0) is 10.8. The van der Waals surface area contributed by atoms with Crippen molar-refractivity contribution in [2.75, 3.05) is 6.26 Å². The quantitative estimate of drug-likeness (QED) is 0.720. The lowest BCUT2D eigenvalue weighted by Gasteiger charge is -2.09. The molecule has 0 saturated heterocycles. The molecule has 0 saturated carbocycles. The maximum absolute atomic E-state index is 4.32. The van der Waals surface area contributed by atoms with Crippen molar-refractivity contribution in [1.82, 2.24) is 9.55 Å². The third kappa shape index (κ3) is 1.79. The summed E-state index contributed by atoms with van der Waals surface area (Å²) in [7, 11) is 0. The molecule has 0 unspecified atom stereocenters. The number of aromatic nitrogens is 2. The van der Waals surface area contributed by atoms with Crippen molar-refractivity contribution in [2.45, 2.75) is 18.7 Å². The van der Waals surface area contributed by atoms with Crippen molar-refractivity contribution < 1.29 is 0 Å². The standard InChI is InChI=1S/C12H14N2S/c1-9-10(2)14(8-13-9)11-6-4-5-7-12(11)15-3/h4-8H,1-3H3. The van der Waals surface area contributed by atoms with Crippen molar-refractivity contribution in [3.8, 4) is 5.69 Å². The number of hydrogen-bond donors (Lipinski definition) is 0. The maximum atomic E-state index is 4.32. The van der Waals surface area contributed by atoms with Crippen LogP contribution in [-0.2, 0) is 0 Å². The van der Waals surface area contributed by atoms with Crippen LogP contribution in [0.2, 0.25) is 0 Å². The van der Waals surface area contributed by atoms with Gasteiger partial charge in [-0.3, -0.25) is 0 Å². The summed E-state index contributed by atoms with van der Waals surface area (Å²) in [6, 6.07) is 8.38. The van der Waals surface area contributed by atoms with E-state index in [4.69, 9.17) is 0 Å². The lowest BCUT2D eigenvalue weighted by atomic mass is 10.3. The Morgan fingerprint density at radius 1 is 1.20 bits per heavy atom. The van der Waals surface area contributed by atoms with E-state index in [2.05, 4.69) is 47.0 Å². The zero-order valence-corrected chi connectivity index (χ0v) is 10.0. The van der Waals surface area contributed by atoms with E-state index in [1.807, 2.05) is 13.3 Å². The van der Waals surface area contributed by atoms with Gasteiger partial charge in [0.05, 0.1) is 17.7 Å². The zero-order valence-electron chi connectivity index (χ0n) is 9.19. The first-order chi connectivity index (χ1) is 7.24. The summed E-state index contributed by atoms with van der Waals surface area (Å²) in [5, 5.41) is 0. The van der Waals surface area contributed by atoms with Crippen LogP contribution in [0.3, 0.4) is 0 Å². The number of benzene rings is 1. The first-order valence-electron chi connectivity index (χ1n) is 4.88. The van der Waals surface area contributed by atoms with Gasteiger partial charge in [0, 0.05) is 10.6 Å². The molecule has 0 amide bonds. The van der Waals surface area contributed by atoms with Gasteiger partial charge in [0.2, 0.25) is 0 Å². The van der Waals surface area contributed by atoms with Crippen LogP contribution in [-0.4, -0.2) is 15.8 Å². The molecule has 15 heavy (non-hydrogen) atoms. The largest absolute Gasteiger partial charge is 0.302 e. The van der Waals surface area contributed by atoms with Crippen LogP contribution in [0, 0.1) is 13.8 Å². The Hall–Kier alpha value is -1.22. The molecular weight excluding hydrogens is 204 g/mol. The molecule has 1 heterocycles. The molecule has 2 rings (SSSR count). The first-order valence-corrected chi connectivity index (χ1v) is 6.10. The Balaban J connectivity index is 2.58. The van der Waals surface area contributed by atoms with E-state index in [-0.39, 0.29) is 0 Å². The third-order valence-electron chi connectivity index (χ3n) is 2.60. The summed E-state index contributed by atoms with van der Waals surface area (Å²) < 4.78 is 2.14. The topological polar surface area (TPSA) is 17.8 Å². The third-order valence-corrected chi connectivity index (χ3v) is 3.38. The highest BCUT2D eigenvalue weighted by molar-refractivity contribution is 7.98. The summed E-state index contributed by atoms with van der Waals surface area (Å²) in [4.78, 5) is 5.60. The normalized spacial score (nSPS) is 10.6. The van der Waals surface area contributed by atoms with Gasteiger partial charge >= 0.3 is 0 Å². The molecule has 0 aliphatic heterocycles. The van der Waals surface area contributed by atoms with Crippen LogP contribution in [0.5, 0.6) is 0 Å². The van der Waals surface area contributed by atoms with E-state index >= 15 is 0 Å². The minimum absolute atomic E-state index is 1.09. The lowest BCUT2D eigenvalue weighted by molar-refractivity contribution is 0.974. The number of thioether (sulfide) groups is 1. The fourth-order valence-electron chi connectivity index (χ4n) is 1.57. The monoisotopic (exact) mass is 218 g/mol. The van der Waals surface area contributed by atoms with Gasteiger partial charge in [-0.15, -0.1) is 11.8 Å². The Morgan fingerprint density at radius 3 is 2.53 bits per heavy atom. The molecule has 0 fully saturated rings. The van der Waals surface area contributed by atoms with Crippen LogP contribution < -0.4 is 0 Å². The van der Waals surface area contributed by atoms with Gasteiger partial charge in [0.1, 0.15) is 0 Å². The number of imidazole rings is 1. The molecule has 1 aromatic heterocycles. The predicted molar refractivity (Wildman–Crippen MR) is 64.8 cm³/mol.